The number of carbonyl (C=O) groups is 1. The van der Waals surface area contributed by atoms with E-state index in [-0.39, 0.29) is 5.91 Å². The number of nitrogens with zero attached hydrogens (tertiary/aromatic N) is 1. The number of amides is 1. The zero-order valence-electron chi connectivity index (χ0n) is 14.0. The van der Waals surface area contributed by atoms with Gasteiger partial charge in [0.25, 0.3) is 5.91 Å². The molecule has 1 aliphatic rings. The van der Waals surface area contributed by atoms with Gasteiger partial charge in [-0.05, 0) is 35.4 Å². The normalized spacial score (nSPS) is 14.6. The van der Waals surface area contributed by atoms with Gasteiger partial charge in [-0.25, -0.2) is 0 Å². The molecule has 1 aliphatic heterocycles. The Morgan fingerprint density at radius 2 is 1.67 bits per heavy atom. The molecule has 24 heavy (non-hydrogen) atoms. The van der Waals surface area contributed by atoms with Gasteiger partial charge in [0.2, 0.25) is 0 Å². The van der Waals surface area contributed by atoms with Crippen LogP contribution in [-0.4, -0.2) is 31.5 Å². The fraction of sp³-hybridized carbons (Fsp3) is 0.316. The fourth-order valence-corrected chi connectivity index (χ4v) is 5.40. The highest BCUT2D eigenvalue weighted by atomic mass is 32.2. The second-order valence-electron chi connectivity index (χ2n) is 5.94. The number of benzene rings is 2. The molecular weight excluding hydrogens is 336 g/mol. The van der Waals surface area contributed by atoms with Gasteiger partial charge in [0.15, 0.2) is 0 Å². The lowest BCUT2D eigenvalue weighted by molar-refractivity contribution is 0.0951. The lowest BCUT2D eigenvalue weighted by Crippen LogP contribution is -2.22. The van der Waals surface area contributed by atoms with Gasteiger partial charge in [-0.15, -0.1) is 23.5 Å². The molecule has 2 aromatic rings. The van der Waals surface area contributed by atoms with Crippen LogP contribution in [0.2, 0.25) is 0 Å². The molecule has 0 atom stereocenters. The zero-order valence-corrected chi connectivity index (χ0v) is 15.6. The molecule has 2 aromatic carbocycles. The van der Waals surface area contributed by atoms with Crippen molar-refractivity contribution in [2.75, 3.05) is 30.5 Å². The Kier molecular flexibility index (Phi) is 5.74. The molecule has 0 bridgehead atoms. The van der Waals surface area contributed by atoms with Crippen molar-refractivity contribution in [3.63, 3.8) is 0 Å². The molecule has 3 rings (SSSR count). The van der Waals surface area contributed by atoms with E-state index < -0.39 is 0 Å². The minimum absolute atomic E-state index is 0.0232. The monoisotopic (exact) mass is 358 g/mol. The second-order valence-corrected chi connectivity index (χ2v) is 8.66. The third-order valence-corrected chi connectivity index (χ3v) is 7.08. The average Bonchev–Trinajstić information content (AvgIpc) is 3.15. The van der Waals surface area contributed by atoms with Crippen molar-refractivity contribution in [2.24, 2.45) is 0 Å². The maximum absolute atomic E-state index is 12.3. The van der Waals surface area contributed by atoms with E-state index in [1.54, 1.807) is 0 Å². The van der Waals surface area contributed by atoms with Gasteiger partial charge in [-0.1, -0.05) is 24.3 Å². The van der Waals surface area contributed by atoms with E-state index >= 15 is 0 Å². The molecule has 0 spiro atoms. The van der Waals surface area contributed by atoms with E-state index in [1.807, 2.05) is 61.9 Å². The van der Waals surface area contributed by atoms with Crippen LogP contribution in [0, 0.1) is 0 Å². The molecule has 0 radical (unpaired) electrons. The van der Waals surface area contributed by atoms with E-state index in [1.165, 1.54) is 17.1 Å². The molecule has 0 aromatic heterocycles. The molecule has 1 saturated heterocycles. The largest absolute Gasteiger partial charge is 0.378 e. The van der Waals surface area contributed by atoms with Crippen molar-refractivity contribution in [3.8, 4) is 0 Å². The second kappa shape index (κ2) is 7.99. The molecule has 0 saturated carbocycles. The molecule has 1 N–H and O–H groups in total. The first-order valence-electron chi connectivity index (χ1n) is 8.01. The zero-order chi connectivity index (χ0) is 16.9. The van der Waals surface area contributed by atoms with Gasteiger partial charge in [0.05, 0.1) is 4.58 Å². The minimum Gasteiger partial charge on any atom is -0.378 e. The highest BCUT2D eigenvalue weighted by Gasteiger charge is 2.18. The van der Waals surface area contributed by atoms with Crippen LogP contribution < -0.4 is 10.2 Å². The van der Waals surface area contributed by atoms with Crippen LogP contribution in [-0.2, 0) is 6.54 Å². The van der Waals surface area contributed by atoms with Crippen molar-refractivity contribution in [3.05, 3.63) is 65.2 Å². The van der Waals surface area contributed by atoms with E-state index in [0.717, 1.165) is 16.8 Å². The van der Waals surface area contributed by atoms with Crippen molar-refractivity contribution < 1.29 is 4.79 Å². The summed E-state index contributed by atoms with van der Waals surface area (Å²) in [6.45, 7) is 0.544. The molecule has 1 heterocycles. The number of carbonyl (C=O) groups excluding carboxylic acids is 1. The van der Waals surface area contributed by atoms with Gasteiger partial charge < -0.3 is 10.2 Å². The first kappa shape index (κ1) is 17.2. The summed E-state index contributed by atoms with van der Waals surface area (Å²) in [5, 5.41) is 2.99. The summed E-state index contributed by atoms with van der Waals surface area (Å²) in [6, 6.07) is 16.2. The number of hydrogen-bond acceptors (Lipinski definition) is 4. The van der Waals surface area contributed by atoms with Crippen molar-refractivity contribution in [2.45, 2.75) is 11.1 Å². The summed E-state index contributed by atoms with van der Waals surface area (Å²) in [5.41, 5.74) is 4.28. The Bertz CT molecular complexity index is 678. The lowest BCUT2D eigenvalue weighted by atomic mass is 10.1. The predicted molar refractivity (Wildman–Crippen MR) is 106 cm³/mol. The molecule has 1 fully saturated rings. The highest BCUT2D eigenvalue weighted by molar-refractivity contribution is 8.19. The topological polar surface area (TPSA) is 32.3 Å². The van der Waals surface area contributed by atoms with Crippen molar-refractivity contribution >= 4 is 35.1 Å². The Balaban J connectivity index is 1.56. The number of rotatable bonds is 5. The molecule has 0 unspecified atom stereocenters. The molecule has 5 heteroatoms. The minimum atomic E-state index is -0.0232. The Morgan fingerprint density at radius 3 is 2.25 bits per heavy atom. The Labute approximate surface area is 152 Å². The van der Waals surface area contributed by atoms with Gasteiger partial charge in [-0.3, -0.25) is 4.79 Å². The molecule has 3 nitrogen and oxygen atoms in total. The summed E-state index contributed by atoms with van der Waals surface area (Å²) >= 11 is 3.96. The Hall–Kier alpha value is -1.59. The summed E-state index contributed by atoms with van der Waals surface area (Å²) in [4.78, 5) is 14.4. The van der Waals surface area contributed by atoms with Crippen LogP contribution in [0.3, 0.4) is 0 Å². The smallest absolute Gasteiger partial charge is 0.251 e. The fourth-order valence-electron chi connectivity index (χ4n) is 2.54. The standard InChI is InChI=1S/C19H22N2OS2/c1-21(2)17-9-3-14(4-10-17)13-20-18(22)15-5-7-16(8-6-15)19-23-11-12-24-19/h3-10,19H,11-13H2,1-2H3,(H,20,22). The maximum atomic E-state index is 12.3. The molecular formula is C19H22N2OS2. The summed E-state index contributed by atoms with van der Waals surface area (Å²) in [6.07, 6.45) is 0. The SMILES string of the molecule is CN(C)c1ccc(CNC(=O)c2ccc(C3SCCS3)cc2)cc1. The summed E-state index contributed by atoms with van der Waals surface area (Å²) in [5.74, 6) is 2.40. The van der Waals surface area contributed by atoms with Crippen molar-refractivity contribution in [1.82, 2.24) is 5.32 Å². The van der Waals surface area contributed by atoms with E-state index in [0.29, 0.717) is 11.1 Å². The third kappa shape index (κ3) is 4.28. The van der Waals surface area contributed by atoms with Gasteiger partial charge in [-0.2, -0.15) is 0 Å². The van der Waals surface area contributed by atoms with Crippen LogP contribution in [0.1, 0.15) is 26.1 Å². The lowest BCUT2D eigenvalue weighted by Gasteiger charge is -2.13. The van der Waals surface area contributed by atoms with E-state index in [9.17, 15) is 4.79 Å². The van der Waals surface area contributed by atoms with E-state index in [2.05, 4.69) is 34.5 Å². The van der Waals surface area contributed by atoms with E-state index in [4.69, 9.17) is 0 Å². The first-order valence-corrected chi connectivity index (χ1v) is 10.1. The van der Waals surface area contributed by atoms with Gasteiger partial charge in [0, 0.05) is 43.4 Å². The quantitative estimate of drug-likeness (QED) is 0.870. The van der Waals surface area contributed by atoms with Crippen LogP contribution in [0.25, 0.3) is 0 Å². The average molecular weight is 359 g/mol. The predicted octanol–water partition coefficient (Wildman–Crippen LogP) is 4.16. The summed E-state index contributed by atoms with van der Waals surface area (Å²) in [7, 11) is 4.03. The van der Waals surface area contributed by atoms with Gasteiger partial charge >= 0.3 is 0 Å². The van der Waals surface area contributed by atoms with Crippen molar-refractivity contribution in [1.29, 1.82) is 0 Å². The molecule has 0 aliphatic carbocycles. The number of hydrogen-bond donors (Lipinski definition) is 1. The third-order valence-electron chi connectivity index (χ3n) is 3.97. The van der Waals surface area contributed by atoms with Crippen LogP contribution in [0.4, 0.5) is 5.69 Å². The number of anilines is 1. The van der Waals surface area contributed by atoms with Crippen LogP contribution in [0.15, 0.2) is 48.5 Å². The highest BCUT2D eigenvalue weighted by Crippen LogP contribution is 2.45. The first-order chi connectivity index (χ1) is 11.6. The number of thioether (sulfide) groups is 2. The van der Waals surface area contributed by atoms with Crippen LogP contribution >= 0.6 is 23.5 Å². The Morgan fingerprint density at radius 1 is 1.04 bits per heavy atom. The summed E-state index contributed by atoms with van der Waals surface area (Å²) < 4.78 is 0.525. The number of nitrogens with one attached hydrogen (secondary N) is 1. The van der Waals surface area contributed by atoms with Crippen LogP contribution in [0.5, 0.6) is 0 Å². The molecule has 126 valence electrons. The van der Waals surface area contributed by atoms with Gasteiger partial charge in [0.1, 0.15) is 0 Å². The molecule has 1 amide bonds. The maximum Gasteiger partial charge on any atom is 0.251 e.